The van der Waals surface area contributed by atoms with E-state index in [4.69, 9.17) is 4.74 Å². The number of carbonyl (C=O) groups excluding carboxylic acids is 3. The van der Waals surface area contributed by atoms with Crippen molar-refractivity contribution in [1.82, 2.24) is 4.31 Å². The number of ether oxygens (including phenoxy) is 1. The Bertz CT molecular complexity index is 1240. The van der Waals surface area contributed by atoms with Gasteiger partial charge in [0.1, 0.15) is 16.0 Å². The van der Waals surface area contributed by atoms with Crippen molar-refractivity contribution < 1.29 is 27.5 Å². The molecule has 0 spiro atoms. The van der Waals surface area contributed by atoms with Crippen LogP contribution in [0.4, 0.5) is 5.69 Å². The molecule has 1 unspecified atom stereocenters. The lowest BCUT2D eigenvalue weighted by molar-refractivity contribution is -0.132. The van der Waals surface area contributed by atoms with Crippen LogP contribution < -0.4 is 9.64 Å². The van der Waals surface area contributed by atoms with Crippen LogP contribution in [0.5, 0.6) is 5.75 Å². The molecule has 32 heavy (non-hydrogen) atoms. The summed E-state index contributed by atoms with van der Waals surface area (Å²) in [4.78, 5) is 38.9. The molecule has 0 bridgehead atoms. The van der Waals surface area contributed by atoms with Crippen molar-refractivity contribution in [2.45, 2.75) is 30.1 Å². The number of anilines is 1. The molecule has 1 fully saturated rings. The van der Waals surface area contributed by atoms with Crippen molar-refractivity contribution in [1.29, 1.82) is 0 Å². The van der Waals surface area contributed by atoms with Gasteiger partial charge in [-0.1, -0.05) is 12.1 Å². The van der Waals surface area contributed by atoms with E-state index in [0.29, 0.717) is 0 Å². The predicted molar refractivity (Wildman–Crippen MR) is 120 cm³/mol. The average Bonchev–Trinajstić information content (AvgIpc) is 3.49. The Hall–Kier alpha value is -2.86. The molecule has 3 aromatic rings. The predicted octanol–water partition coefficient (Wildman–Crippen LogP) is 3.26. The Labute approximate surface area is 192 Å². The molecule has 2 amide bonds. The van der Waals surface area contributed by atoms with Gasteiger partial charge in [-0.15, -0.1) is 22.7 Å². The van der Waals surface area contributed by atoms with Crippen molar-refractivity contribution >= 4 is 56.2 Å². The number of hydrogen-bond donors (Lipinski definition) is 0. The van der Waals surface area contributed by atoms with E-state index in [1.54, 1.807) is 23.6 Å². The number of benzene rings is 1. The monoisotopic (exact) mass is 490 g/mol. The summed E-state index contributed by atoms with van der Waals surface area (Å²) < 4.78 is 32.9. The maximum Gasteiger partial charge on any atom is 0.308 e. The van der Waals surface area contributed by atoms with Crippen LogP contribution in [0, 0.1) is 0 Å². The summed E-state index contributed by atoms with van der Waals surface area (Å²) in [5, 5.41) is 3.47. The highest BCUT2D eigenvalue weighted by Gasteiger charge is 2.47. The largest absolute Gasteiger partial charge is 0.427 e. The number of amides is 2. The second-order valence-corrected chi connectivity index (χ2v) is 11.0. The summed E-state index contributed by atoms with van der Waals surface area (Å²) in [6, 6.07) is 11.4. The van der Waals surface area contributed by atoms with Gasteiger partial charge in [0.2, 0.25) is 5.91 Å². The minimum absolute atomic E-state index is 0.0131. The standard InChI is InChI=1S/C21H18N2O6S3/c1-14(24)29-16-8-6-15(7-9-16)23-19(25)12-18(21(23)26)22(13-17-4-2-10-30-17)32(27,28)20-5-3-11-31-20/h2-11,18H,12-13H2,1H3. The Morgan fingerprint density at radius 3 is 2.38 bits per heavy atom. The second-order valence-electron chi connectivity index (χ2n) is 6.94. The fraction of sp³-hybridized carbons (Fsp3) is 0.190. The van der Waals surface area contributed by atoms with Crippen LogP contribution >= 0.6 is 22.7 Å². The fourth-order valence-corrected chi connectivity index (χ4v) is 6.85. The molecule has 1 aromatic carbocycles. The summed E-state index contributed by atoms with van der Waals surface area (Å²) in [5.74, 6) is -1.34. The third-order valence-corrected chi connectivity index (χ3v) is 8.87. The summed E-state index contributed by atoms with van der Waals surface area (Å²) in [6.07, 6.45) is -0.263. The highest BCUT2D eigenvalue weighted by atomic mass is 32.2. The number of thiophene rings is 2. The van der Waals surface area contributed by atoms with Crippen LogP contribution in [0.15, 0.2) is 63.5 Å². The molecule has 3 heterocycles. The molecular weight excluding hydrogens is 472 g/mol. The second kappa shape index (κ2) is 8.94. The van der Waals surface area contributed by atoms with E-state index in [9.17, 15) is 22.8 Å². The first-order valence-corrected chi connectivity index (χ1v) is 12.7. The zero-order chi connectivity index (χ0) is 22.9. The van der Waals surface area contributed by atoms with Crippen molar-refractivity contribution in [3.8, 4) is 5.75 Å². The topological polar surface area (TPSA) is 101 Å². The number of sulfonamides is 1. The Morgan fingerprint density at radius 2 is 1.78 bits per heavy atom. The van der Waals surface area contributed by atoms with Gasteiger partial charge in [-0.3, -0.25) is 14.4 Å². The average molecular weight is 491 g/mol. The number of imide groups is 1. The van der Waals surface area contributed by atoms with Gasteiger partial charge in [0.15, 0.2) is 0 Å². The first-order valence-electron chi connectivity index (χ1n) is 9.50. The van der Waals surface area contributed by atoms with Gasteiger partial charge >= 0.3 is 5.97 Å². The molecule has 1 aliphatic heterocycles. The minimum atomic E-state index is -4.00. The highest BCUT2D eigenvalue weighted by molar-refractivity contribution is 7.91. The van der Waals surface area contributed by atoms with E-state index in [0.717, 1.165) is 25.4 Å². The van der Waals surface area contributed by atoms with Gasteiger partial charge in [-0.25, -0.2) is 13.3 Å². The van der Waals surface area contributed by atoms with Crippen LogP contribution in [0.2, 0.25) is 0 Å². The lowest BCUT2D eigenvalue weighted by Gasteiger charge is -2.25. The lowest BCUT2D eigenvalue weighted by atomic mass is 10.2. The summed E-state index contributed by atoms with van der Waals surface area (Å²) in [5.41, 5.74) is 0.281. The molecule has 1 aliphatic rings. The molecule has 166 valence electrons. The van der Waals surface area contributed by atoms with E-state index in [1.807, 2.05) is 5.38 Å². The highest BCUT2D eigenvalue weighted by Crippen LogP contribution is 2.33. The third-order valence-electron chi connectivity index (χ3n) is 4.78. The molecule has 1 atom stereocenters. The van der Waals surface area contributed by atoms with Gasteiger partial charge in [0.25, 0.3) is 15.9 Å². The molecule has 0 aliphatic carbocycles. The van der Waals surface area contributed by atoms with E-state index < -0.39 is 33.8 Å². The van der Waals surface area contributed by atoms with E-state index in [2.05, 4.69) is 0 Å². The van der Waals surface area contributed by atoms with Gasteiger partial charge < -0.3 is 4.74 Å². The van der Waals surface area contributed by atoms with E-state index in [1.165, 1.54) is 48.6 Å². The Morgan fingerprint density at radius 1 is 1.09 bits per heavy atom. The quantitative estimate of drug-likeness (QED) is 0.286. The molecule has 0 saturated carbocycles. The molecule has 2 aromatic heterocycles. The van der Waals surface area contributed by atoms with E-state index >= 15 is 0 Å². The Balaban J connectivity index is 1.66. The maximum atomic E-state index is 13.4. The van der Waals surface area contributed by atoms with E-state index in [-0.39, 0.29) is 28.6 Å². The Kier molecular flexibility index (Phi) is 6.24. The normalized spacial score (nSPS) is 16.7. The maximum absolute atomic E-state index is 13.4. The van der Waals surface area contributed by atoms with Crippen LogP contribution in [0.3, 0.4) is 0 Å². The number of hydrogen-bond acceptors (Lipinski definition) is 8. The number of esters is 1. The molecular formula is C21H18N2O6S3. The first kappa shape index (κ1) is 22.3. The van der Waals surface area contributed by atoms with Crippen molar-refractivity contribution in [3.63, 3.8) is 0 Å². The molecule has 8 nitrogen and oxygen atoms in total. The molecule has 0 radical (unpaired) electrons. The first-order chi connectivity index (χ1) is 15.3. The molecule has 0 N–H and O–H groups in total. The van der Waals surface area contributed by atoms with Crippen LogP contribution in [0.25, 0.3) is 0 Å². The number of carbonyl (C=O) groups is 3. The zero-order valence-corrected chi connectivity index (χ0v) is 19.3. The number of rotatable bonds is 7. The van der Waals surface area contributed by atoms with Gasteiger partial charge in [-0.05, 0) is 47.2 Å². The fourth-order valence-electron chi connectivity index (χ4n) is 3.39. The van der Waals surface area contributed by atoms with Gasteiger partial charge in [-0.2, -0.15) is 4.31 Å². The zero-order valence-electron chi connectivity index (χ0n) is 16.8. The number of nitrogens with zero attached hydrogens (tertiary/aromatic N) is 2. The summed E-state index contributed by atoms with van der Waals surface area (Å²) in [6.45, 7) is 1.25. The van der Waals surface area contributed by atoms with Crippen molar-refractivity contribution in [2.24, 2.45) is 0 Å². The van der Waals surface area contributed by atoms with Crippen LogP contribution in [-0.2, 0) is 31.0 Å². The molecule has 4 rings (SSSR count). The molecule has 1 saturated heterocycles. The van der Waals surface area contributed by atoms with Gasteiger partial charge in [0, 0.05) is 18.3 Å². The van der Waals surface area contributed by atoms with Crippen molar-refractivity contribution in [2.75, 3.05) is 4.90 Å². The van der Waals surface area contributed by atoms with Crippen LogP contribution in [-0.4, -0.2) is 36.5 Å². The minimum Gasteiger partial charge on any atom is -0.427 e. The summed E-state index contributed by atoms with van der Waals surface area (Å²) in [7, 11) is -4.00. The SMILES string of the molecule is CC(=O)Oc1ccc(N2C(=O)CC(N(Cc3cccs3)S(=O)(=O)c3cccs3)C2=O)cc1. The smallest absolute Gasteiger partial charge is 0.308 e. The van der Waals surface area contributed by atoms with Crippen LogP contribution in [0.1, 0.15) is 18.2 Å². The van der Waals surface area contributed by atoms with Gasteiger partial charge in [0.05, 0.1) is 12.1 Å². The van der Waals surface area contributed by atoms with Crippen molar-refractivity contribution in [3.05, 3.63) is 64.2 Å². The molecule has 11 heteroatoms. The third kappa shape index (κ3) is 4.37. The summed E-state index contributed by atoms with van der Waals surface area (Å²) >= 11 is 2.43. The lowest BCUT2D eigenvalue weighted by Crippen LogP contribution is -2.44.